The first kappa shape index (κ1) is 13.5. The number of benzene rings is 1. The lowest BCUT2D eigenvalue weighted by Crippen LogP contribution is -2.32. The topological polar surface area (TPSA) is 52.6 Å². The van der Waals surface area contributed by atoms with Crippen LogP contribution in [0.1, 0.15) is 24.2 Å². The smallest absolute Gasteiger partial charge is 0.253 e. The molecule has 1 aromatic carbocycles. The maximum Gasteiger partial charge on any atom is 0.253 e. The van der Waals surface area contributed by atoms with Crippen molar-refractivity contribution in [2.75, 3.05) is 25.5 Å². The largest absolute Gasteiger partial charge is 0.392 e. The summed E-state index contributed by atoms with van der Waals surface area (Å²) < 4.78 is 0. The summed E-state index contributed by atoms with van der Waals surface area (Å²) in [6.45, 7) is 4.89. The van der Waals surface area contributed by atoms with E-state index in [9.17, 15) is 9.90 Å². The molecule has 94 valence electrons. The Morgan fingerprint density at radius 2 is 2.00 bits per heavy atom. The molecule has 1 rings (SSSR count). The molecular weight excluding hydrogens is 216 g/mol. The van der Waals surface area contributed by atoms with Gasteiger partial charge in [0.25, 0.3) is 5.91 Å². The lowest BCUT2D eigenvalue weighted by Gasteiger charge is -2.18. The molecule has 4 nitrogen and oxygen atoms in total. The first-order valence-electron chi connectivity index (χ1n) is 5.82. The highest BCUT2D eigenvalue weighted by molar-refractivity contribution is 5.94. The molecule has 17 heavy (non-hydrogen) atoms. The van der Waals surface area contributed by atoms with Crippen molar-refractivity contribution in [2.45, 2.75) is 20.0 Å². The molecule has 0 aliphatic rings. The Balaban J connectivity index is 2.69. The van der Waals surface area contributed by atoms with Crippen molar-refractivity contribution in [2.24, 2.45) is 0 Å². The second-order valence-corrected chi connectivity index (χ2v) is 4.14. The predicted molar refractivity (Wildman–Crippen MR) is 69.2 cm³/mol. The number of anilines is 1. The van der Waals surface area contributed by atoms with Gasteiger partial charge in [0.05, 0.1) is 6.10 Å². The van der Waals surface area contributed by atoms with Crippen molar-refractivity contribution >= 4 is 11.6 Å². The van der Waals surface area contributed by atoms with Gasteiger partial charge < -0.3 is 15.3 Å². The molecule has 0 aromatic heterocycles. The fourth-order valence-electron chi connectivity index (χ4n) is 1.63. The second-order valence-electron chi connectivity index (χ2n) is 4.14. The first-order valence-corrected chi connectivity index (χ1v) is 5.82. The van der Waals surface area contributed by atoms with E-state index in [0.717, 1.165) is 12.2 Å². The number of amides is 1. The Hall–Kier alpha value is -1.55. The van der Waals surface area contributed by atoms with E-state index in [1.807, 2.05) is 19.1 Å². The summed E-state index contributed by atoms with van der Waals surface area (Å²) in [6, 6.07) is 7.34. The SMILES string of the molecule is CCNc1ccc(C(=O)N(C)CC(C)O)cc1. The van der Waals surface area contributed by atoms with Gasteiger partial charge in [0.15, 0.2) is 0 Å². The van der Waals surface area contributed by atoms with Gasteiger partial charge in [-0.05, 0) is 38.1 Å². The number of carbonyl (C=O) groups is 1. The summed E-state index contributed by atoms with van der Waals surface area (Å²) in [4.78, 5) is 13.5. The van der Waals surface area contributed by atoms with Crippen molar-refractivity contribution in [1.29, 1.82) is 0 Å². The maximum atomic E-state index is 11.9. The summed E-state index contributed by atoms with van der Waals surface area (Å²) in [6.07, 6.45) is -0.509. The monoisotopic (exact) mass is 236 g/mol. The van der Waals surface area contributed by atoms with E-state index in [1.54, 1.807) is 26.1 Å². The molecule has 0 fully saturated rings. The van der Waals surface area contributed by atoms with Crippen molar-refractivity contribution in [3.8, 4) is 0 Å². The molecule has 1 aromatic rings. The number of carbonyl (C=O) groups excluding carboxylic acids is 1. The standard InChI is InChI=1S/C13H20N2O2/c1-4-14-12-7-5-11(6-8-12)13(17)15(3)9-10(2)16/h5-8,10,14,16H,4,9H2,1-3H3. The fraction of sp³-hybridized carbons (Fsp3) is 0.462. The van der Waals surface area contributed by atoms with E-state index in [4.69, 9.17) is 0 Å². The molecule has 0 heterocycles. The van der Waals surface area contributed by atoms with Crippen LogP contribution in [0.25, 0.3) is 0 Å². The number of rotatable bonds is 5. The van der Waals surface area contributed by atoms with E-state index in [-0.39, 0.29) is 5.91 Å². The third-order valence-corrected chi connectivity index (χ3v) is 2.40. The average Bonchev–Trinajstić information content (AvgIpc) is 2.28. The highest BCUT2D eigenvalue weighted by atomic mass is 16.3. The molecule has 0 radical (unpaired) electrons. The zero-order valence-electron chi connectivity index (χ0n) is 10.6. The van der Waals surface area contributed by atoms with E-state index < -0.39 is 6.10 Å². The molecule has 1 unspecified atom stereocenters. The summed E-state index contributed by atoms with van der Waals surface area (Å²) in [5, 5.41) is 12.4. The minimum Gasteiger partial charge on any atom is -0.392 e. The minimum absolute atomic E-state index is 0.0750. The zero-order valence-corrected chi connectivity index (χ0v) is 10.6. The van der Waals surface area contributed by atoms with Gasteiger partial charge in [-0.15, -0.1) is 0 Å². The van der Waals surface area contributed by atoms with E-state index in [2.05, 4.69) is 5.32 Å². The molecular formula is C13H20N2O2. The molecule has 0 bridgehead atoms. The average molecular weight is 236 g/mol. The van der Waals surface area contributed by atoms with Crippen molar-refractivity contribution in [3.63, 3.8) is 0 Å². The van der Waals surface area contributed by atoms with Gasteiger partial charge in [0.1, 0.15) is 0 Å². The fourth-order valence-corrected chi connectivity index (χ4v) is 1.63. The third kappa shape index (κ3) is 4.07. The molecule has 0 saturated carbocycles. The van der Waals surface area contributed by atoms with Gasteiger partial charge in [-0.25, -0.2) is 0 Å². The number of nitrogens with zero attached hydrogens (tertiary/aromatic N) is 1. The third-order valence-electron chi connectivity index (χ3n) is 2.40. The predicted octanol–water partition coefficient (Wildman–Crippen LogP) is 1.57. The quantitative estimate of drug-likeness (QED) is 0.816. The van der Waals surface area contributed by atoms with Crippen LogP contribution < -0.4 is 5.32 Å². The molecule has 4 heteroatoms. The highest BCUT2D eigenvalue weighted by Crippen LogP contribution is 2.11. The van der Waals surface area contributed by atoms with Crippen LogP contribution in [0.3, 0.4) is 0 Å². The van der Waals surface area contributed by atoms with E-state index >= 15 is 0 Å². The highest BCUT2D eigenvalue weighted by Gasteiger charge is 2.12. The molecule has 1 atom stereocenters. The lowest BCUT2D eigenvalue weighted by molar-refractivity contribution is 0.0704. The van der Waals surface area contributed by atoms with Gasteiger partial charge in [0, 0.05) is 31.4 Å². The van der Waals surface area contributed by atoms with Crippen LogP contribution in [-0.2, 0) is 0 Å². The number of hydrogen-bond donors (Lipinski definition) is 2. The molecule has 0 aliphatic carbocycles. The van der Waals surface area contributed by atoms with E-state index in [1.165, 1.54) is 4.90 Å². The molecule has 1 amide bonds. The maximum absolute atomic E-state index is 11.9. The van der Waals surface area contributed by atoms with Crippen LogP contribution in [-0.4, -0.2) is 42.2 Å². The van der Waals surface area contributed by atoms with Gasteiger partial charge in [-0.2, -0.15) is 0 Å². The Morgan fingerprint density at radius 3 is 2.47 bits per heavy atom. The summed E-state index contributed by atoms with van der Waals surface area (Å²) in [7, 11) is 1.69. The van der Waals surface area contributed by atoms with Gasteiger partial charge in [-0.3, -0.25) is 4.79 Å². The Labute approximate surface area is 102 Å². The number of hydrogen-bond acceptors (Lipinski definition) is 3. The van der Waals surface area contributed by atoms with Crippen molar-refractivity contribution in [1.82, 2.24) is 4.90 Å². The van der Waals surface area contributed by atoms with E-state index in [0.29, 0.717) is 12.1 Å². The van der Waals surface area contributed by atoms with Crippen LogP contribution in [0.2, 0.25) is 0 Å². The summed E-state index contributed by atoms with van der Waals surface area (Å²) >= 11 is 0. The lowest BCUT2D eigenvalue weighted by atomic mass is 10.2. The summed E-state index contributed by atoms with van der Waals surface area (Å²) in [5.74, 6) is -0.0750. The first-order chi connectivity index (χ1) is 8.04. The number of nitrogens with one attached hydrogen (secondary N) is 1. The van der Waals surface area contributed by atoms with Gasteiger partial charge in [0.2, 0.25) is 0 Å². The molecule has 0 aliphatic heterocycles. The van der Waals surface area contributed by atoms with Gasteiger partial charge >= 0.3 is 0 Å². The van der Waals surface area contributed by atoms with Crippen LogP contribution in [0, 0.1) is 0 Å². The minimum atomic E-state index is -0.509. The van der Waals surface area contributed by atoms with Gasteiger partial charge in [-0.1, -0.05) is 0 Å². The van der Waals surface area contributed by atoms with Crippen molar-refractivity contribution in [3.05, 3.63) is 29.8 Å². The Bertz CT molecular complexity index is 360. The number of aliphatic hydroxyl groups excluding tert-OH is 1. The van der Waals surface area contributed by atoms with Crippen LogP contribution in [0.4, 0.5) is 5.69 Å². The van der Waals surface area contributed by atoms with Crippen molar-refractivity contribution < 1.29 is 9.90 Å². The Morgan fingerprint density at radius 1 is 1.41 bits per heavy atom. The number of likely N-dealkylation sites (N-methyl/N-ethyl adjacent to an activating group) is 1. The zero-order chi connectivity index (χ0) is 12.8. The van der Waals surface area contributed by atoms with Crippen LogP contribution in [0.15, 0.2) is 24.3 Å². The summed E-state index contributed by atoms with van der Waals surface area (Å²) in [5.41, 5.74) is 1.64. The number of aliphatic hydroxyl groups is 1. The molecule has 0 spiro atoms. The van der Waals surface area contributed by atoms with Crippen LogP contribution in [0.5, 0.6) is 0 Å². The normalized spacial score (nSPS) is 12.0. The molecule has 0 saturated heterocycles. The Kier molecular flexibility index (Phi) is 4.97. The van der Waals surface area contributed by atoms with Crippen LogP contribution >= 0.6 is 0 Å². The molecule has 2 N–H and O–H groups in total. The second kappa shape index (κ2) is 6.25.